The van der Waals surface area contributed by atoms with Gasteiger partial charge in [0.15, 0.2) is 6.29 Å². The van der Waals surface area contributed by atoms with E-state index < -0.39 is 0 Å². The van der Waals surface area contributed by atoms with E-state index in [1.807, 2.05) is 0 Å². The molecular weight excluding hydrogens is 248 g/mol. The Morgan fingerprint density at radius 1 is 0.895 bits per heavy atom. The average molecular weight is 276 g/mol. The summed E-state index contributed by atoms with van der Waals surface area (Å²) < 4.78 is 10.4. The number of hydrogen-bond acceptors (Lipinski definition) is 5. The number of carbonyl (C=O) groups is 1. The minimum Gasteiger partial charge on any atom is -0.396 e. The summed E-state index contributed by atoms with van der Waals surface area (Å²) in [5, 5.41) is 16.6. The van der Waals surface area contributed by atoms with Crippen LogP contribution in [0.15, 0.2) is 0 Å². The first kappa shape index (κ1) is 18.5. The lowest BCUT2D eigenvalue weighted by Gasteiger charge is -2.06. The summed E-state index contributed by atoms with van der Waals surface area (Å²) in [6.07, 6.45) is 8.34. The molecule has 0 aliphatic carbocycles. The molecule has 0 aromatic rings. The van der Waals surface area contributed by atoms with Gasteiger partial charge in [-0.25, -0.2) is 0 Å². The van der Waals surface area contributed by atoms with Crippen molar-refractivity contribution in [3.05, 3.63) is 0 Å². The van der Waals surface area contributed by atoms with E-state index in [4.69, 9.17) is 19.7 Å². The second kappa shape index (κ2) is 15.6. The van der Waals surface area contributed by atoms with Crippen LogP contribution in [0.2, 0.25) is 0 Å². The molecule has 0 aromatic heterocycles. The zero-order valence-electron chi connectivity index (χ0n) is 11.8. The van der Waals surface area contributed by atoms with Gasteiger partial charge in [0.1, 0.15) is 6.29 Å². The molecule has 2 N–H and O–H groups in total. The maximum atomic E-state index is 9.94. The van der Waals surface area contributed by atoms with Crippen molar-refractivity contribution in [2.24, 2.45) is 0 Å². The quantitative estimate of drug-likeness (QED) is 0.469. The Hall–Kier alpha value is -0.490. The van der Waals surface area contributed by atoms with Gasteiger partial charge in [0.25, 0.3) is 0 Å². The molecule has 1 aliphatic heterocycles. The highest BCUT2D eigenvalue weighted by molar-refractivity contribution is 5.48. The van der Waals surface area contributed by atoms with Crippen LogP contribution in [0.5, 0.6) is 0 Å². The van der Waals surface area contributed by atoms with E-state index in [2.05, 4.69) is 0 Å². The molecule has 0 unspecified atom stereocenters. The van der Waals surface area contributed by atoms with Crippen LogP contribution in [-0.2, 0) is 14.3 Å². The normalized spacial score (nSPS) is 15.1. The van der Waals surface area contributed by atoms with Gasteiger partial charge in [-0.05, 0) is 32.1 Å². The predicted octanol–water partition coefficient (Wildman–Crippen LogP) is 1.65. The topological polar surface area (TPSA) is 76.0 Å². The van der Waals surface area contributed by atoms with Crippen LogP contribution in [0.4, 0.5) is 0 Å². The molecule has 1 fully saturated rings. The number of hydrogen-bond donors (Lipinski definition) is 2. The van der Waals surface area contributed by atoms with Gasteiger partial charge >= 0.3 is 0 Å². The largest absolute Gasteiger partial charge is 0.396 e. The Balaban J connectivity index is 0.000000362. The Morgan fingerprint density at radius 2 is 1.47 bits per heavy atom. The van der Waals surface area contributed by atoms with E-state index in [1.165, 1.54) is 0 Å². The van der Waals surface area contributed by atoms with Crippen molar-refractivity contribution in [1.82, 2.24) is 0 Å². The van der Waals surface area contributed by atoms with Crippen molar-refractivity contribution in [2.75, 3.05) is 26.4 Å². The maximum absolute atomic E-state index is 9.94. The standard InChI is InChI=1S/C8H14O3.C6H14O2/c9-5-3-1-2-4-8-10-6-7-11-8;7-5-3-1-2-4-6-8/h5,8H,1-4,6-7H2;7-8H,1-6H2. The van der Waals surface area contributed by atoms with Crippen molar-refractivity contribution in [1.29, 1.82) is 0 Å². The molecule has 114 valence electrons. The van der Waals surface area contributed by atoms with Gasteiger partial charge in [-0.2, -0.15) is 0 Å². The highest BCUT2D eigenvalue weighted by Gasteiger charge is 2.14. The molecule has 0 saturated carbocycles. The average Bonchev–Trinajstić information content (AvgIpc) is 2.94. The molecule has 19 heavy (non-hydrogen) atoms. The van der Waals surface area contributed by atoms with Gasteiger partial charge in [0.2, 0.25) is 0 Å². The number of rotatable bonds is 10. The first-order chi connectivity index (χ1) is 9.35. The lowest BCUT2D eigenvalue weighted by molar-refractivity contribution is -0.108. The number of unbranched alkanes of at least 4 members (excludes halogenated alkanes) is 5. The summed E-state index contributed by atoms with van der Waals surface area (Å²) in [5.41, 5.74) is 0. The highest BCUT2D eigenvalue weighted by atomic mass is 16.7. The van der Waals surface area contributed by atoms with Crippen LogP contribution in [0.25, 0.3) is 0 Å². The van der Waals surface area contributed by atoms with E-state index in [-0.39, 0.29) is 19.5 Å². The second-order valence-corrected chi connectivity index (χ2v) is 4.48. The lowest BCUT2D eigenvalue weighted by Crippen LogP contribution is -2.06. The third-order valence-electron chi connectivity index (χ3n) is 2.77. The minimum atomic E-state index is 0.00153. The fraction of sp³-hybridized carbons (Fsp3) is 0.929. The van der Waals surface area contributed by atoms with E-state index in [9.17, 15) is 4.79 Å². The molecule has 1 saturated heterocycles. The Bertz CT molecular complexity index is 175. The van der Waals surface area contributed by atoms with E-state index in [0.29, 0.717) is 6.42 Å². The van der Waals surface area contributed by atoms with E-state index >= 15 is 0 Å². The summed E-state index contributed by atoms with van der Waals surface area (Å²) in [6.45, 7) is 2.01. The van der Waals surface area contributed by atoms with Gasteiger partial charge in [0.05, 0.1) is 13.2 Å². The smallest absolute Gasteiger partial charge is 0.157 e. The second-order valence-electron chi connectivity index (χ2n) is 4.48. The summed E-state index contributed by atoms with van der Waals surface area (Å²) in [7, 11) is 0. The fourth-order valence-electron chi connectivity index (χ4n) is 1.69. The van der Waals surface area contributed by atoms with Crippen molar-refractivity contribution in [3.8, 4) is 0 Å². The third kappa shape index (κ3) is 13.7. The number of carbonyl (C=O) groups excluding carboxylic acids is 1. The molecule has 0 radical (unpaired) electrons. The SMILES string of the molecule is O=CCCCCC1OCCO1.OCCCCCCO. The Labute approximate surface area is 115 Å². The molecule has 0 amide bonds. The molecule has 5 heteroatoms. The fourth-order valence-corrected chi connectivity index (χ4v) is 1.69. The van der Waals surface area contributed by atoms with Gasteiger partial charge in [-0.3, -0.25) is 0 Å². The highest BCUT2D eigenvalue weighted by Crippen LogP contribution is 2.11. The van der Waals surface area contributed by atoms with Crippen LogP contribution >= 0.6 is 0 Å². The maximum Gasteiger partial charge on any atom is 0.157 e. The molecular formula is C14H28O5. The van der Waals surface area contributed by atoms with E-state index in [0.717, 1.165) is 64.4 Å². The Kier molecular flexibility index (Phi) is 15.2. The zero-order chi connectivity index (χ0) is 14.2. The van der Waals surface area contributed by atoms with Crippen molar-refractivity contribution in [2.45, 2.75) is 57.7 Å². The number of aliphatic hydroxyl groups excluding tert-OH is 2. The molecule has 0 spiro atoms. The summed E-state index contributed by atoms with van der Waals surface area (Å²) in [4.78, 5) is 9.94. The van der Waals surface area contributed by atoms with Crippen LogP contribution in [0.1, 0.15) is 51.4 Å². The van der Waals surface area contributed by atoms with Crippen LogP contribution in [0, 0.1) is 0 Å². The van der Waals surface area contributed by atoms with Gasteiger partial charge in [-0.15, -0.1) is 0 Å². The molecule has 0 aromatic carbocycles. The number of aliphatic hydroxyl groups is 2. The molecule has 0 atom stereocenters. The molecule has 5 nitrogen and oxygen atoms in total. The summed E-state index contributed by atoms with van der Waals surface area (Å²) in [6, 6.07) is 0. The first-order valence-corrected chi connectivity index (χ1v) is 7.23. The minimum absolute atomic E-state index is 0.00153. The summed E-state index contributed by atoms with van der Waals surface area (Å²) >= 11 is 0. The van der Waals surface area contributed by atoms with Gasteiger partial charge in [0, 0.05) is 19.6 Å². The predicted molar refractivity (Wildman–Crippen MR) is 72.9 cm³/mol. The van der Waals surface area contributed by atoms with Crippen LogP contribution in [-0.4, -0.2) is 49.2 Å². The van der Waals surface area contributed by atoms with Gasteiger partial charge < -0.3 is 24.5 Å². The lowest BCUT2D eigenvalue weighted by atomic mass is 10.2. The Morgan fingerprint density at radius 3 is 1.95 bits per heavy atom. The first-order valence-electron chi connectivity index (χ1n) is 7.23. The zero-order valence-corrected chi connectivity index (χ0v) is 11.8. The third-order valence-corrected chi connectivity index (χ3v) is 2.77. The van der Waals surface area contributed by atoms with Crippen molar-refractivity contribution in [3.63, 3.8) is 0 Å². The van der Waals surface area contributed by atoms with Crippen molar-refractivity contribution >= 4 is 6.29 Å². The number of ether oxygens (including phenoxy) is 2. The van der Waals surface area contributed by atoms with Crippen LogP contribution < -0.4 is 0 Å². The summed E-state index contributed by atoms with van der Waals surface area (Å²) in [5.74, 6) is 0. The van der Waals surface area contributed by atoms with Crippen LogP contribution in [0.3, 0.4) is 0 Å². The van der Waals surface area contributed by atoms with E-state index in [1.54, 1.807) is 0 Å². The monoisotopic (exact) mass is 276 g/mol. The van der Waals surface area contributed by atoms with Gasteiger partial charge in [-0.1, -0.05) is 12.8 Å². The molecule has 1 heterocycles. The molecule has 0 bridgehead atoms. The molecule has 1 aliphatic rings. The molecule has 1 rings (SSSR count). The number of aldehydes is 1. The van der Waals surface area contributed by atoms with Crippen molar-refractivity contribution < 1.29 is 24.5 Å².